The smallest absolute Gasteiger partial charge is 0.143 e. The van der Waals surface area contributed by atoms with Crippen LogP contribution in [0.25, 0.3) is 0 Å². The van der Waals surface area contributed by atoms with E-state index in [1.54, 1.807) is 7.11 Å². The molecule has 1 aromatic carbocycles. The van der Waals surface area contributed by atoms with E-state index in [0.717, 1.165) is 48.2 Å². The van der Waals surface area contributed by atoms with Crippen molar-refractivity contribution in [2.24, 2.45) is 0 Å². The van der Waals surface area contributed by atoms with Crippen LogP contribution in [0, 0.1) is 6.92 Å². The Kier molecular flexibility index (Phi) is 6.16. The summed E-state index contributed by atoms with van der Waals surface area (Å²) in [5.41, 5.74) is 2.02. The number of ether oxygens (including phenoxy) is 2. The summed E-state index contributed by atoms with van der Waals surface area (Å²) >= 11 is 6.04. The van der Waals surface area contributed by atoms with Crippen LogP contribution in [-0.2, 0) is 4.74 Å². The van der Waals surface area contributed by atoms with E-state index in [4.69, 9.17) is 21.1 Å². The minimum atomic E-state index is 0.724. The van der Waals surface area contributed by atoms with Gasteiger partial charge in [-0.2, -0.15) is 0 Å². The van der Waals surface area contributed by atoms with Crippen molar-refractivity contribution in [3.05, 3.63) is 22.7 Å². The zero-order chi connectivity index (χ0) is 12.7. The molecule has 0 spiro atoms. The van der Waals surface area contributed by atoms with Crippen LogP contribution in [0.3, 0.4) is 0 Å². The van der Waals surface area contributed by atoms with Gasteiger partial charge >= 0.3 is 0 Å². The molecule has 96 valence electrons. The fraction of sp³-hybridized carbons (Fsp3) is 0.538. The van der Waals surface area contributed by atoms with E-state index >= 15 is 0 Å². The average molecular weight is 258 g/mol. The standard InChI is InChI=1S/C13H20ClNO2/c1-4-17-7-5-6-15-12-8-10(2)11(14)9-13(12)16-3/h8-9,15H,4-7H2,1-3H3. The number of anilines is 1. The molecule has 0 aromatic heterocycles. The highest BCUT2D eigenvalue weighted by Gasteiger charge is 2.06. The third kappa shape index (κ3) is 4.44. The van der Waals surface area contributed by atoms with Crippen molar-refractivity contribution in [2.75, 3.05) is 32.2 Å². The molecule has 0 aliphatic carbocycles. The first-order valence-corrected chi connectivity index (χ1v) is 6.22. The Bertz CT molecular complexity index is 356. The maximum absolute atomic E-state index is 6.04. The summed E-state index contributed by atoms with van der Waals surface area (Å²) in [6, 6.07) is 3.84. The maximum Gasteiger partial charge on any atom is 0.143 e. The third-order valence-electron chi connectivity index (χ3n) is 2.47. The molecule has 4 heteroatoms. The molecule has 0 amide bonds. The Hall–Kier alpha value is -0.930. The van der Waals surface area contributed by atoms with Crippen LogP contribution < -0.4 is 10.1 Å². The number of halogens is 1. The molecule has 0 heterocycles. The van der Waals surface area contributed by atoms with E-state index in [1.165, 1.54) is 0 Å². The summed E-state index contributed by atoms with van der Waals surface area (Å²) in [5, 5.41) is 4.05. The van der Waals surface area contributed by atoms with Gasteiger partial charge < -0.3 is 14.8 Å². The predicted octanol–water partition coefficient (Wildman–Crippen LogP) is 3.50. The van der Waals surface area contributed by atoms with Gasteiger partial charge in [0.2, 0.25) is 0 Å². The fourth-order valence-electron chi connectivity index (χ4n) is 1.51. The molecule has 1 aromatic rings. The average Bonchev–Trinajstić information content (AvgIpc) is 2.33. The second-order valence-electron chi connectivity index (χ2n) is 3.78. The SMILES string of the molecule is CCOCCCNc1cc(C)c(Cl)cc1OC. The molecule has 0 radical (unpaired) electrons. The number of nitrogens with one attached hydrogen (secondary N) is 1. The minimum absolute atomic E-state index is 0.724. The Labute approximate surface area is 108 Å². The van der Waals surface area contributed by atoms with Crippen LogP contribution in [0.2, 0.25) is 5.02 Å². The first-order valence-electron chi connectivity index (χ1n) is 5.84. The highest BCUT2D eigenvalue weighted by Crippen LogP contribution is 2.30. The summed E-state index contributed by atoms with van der Waals surface area (Å²) in [6.45, 7) is 6.38. The van der Waals surface area contributed by atoms with Crippen molar-refractivity contribution in [2.45, 2.75) is 20.3 Å². The lowest BCUT2D eigenvalue weighted by Crippen LogP contribution is -2.07. The molecule has 0 fully saturated rings. The van der Waals surface area contributed by atoms with E-state index in [0.29, 0.717) is 0 Å². The molecular formula is C13H20ClNO2. The fourth-order valence-corrected chi connectivity index (χ4v) is 1.67. The quantitative estimate of drug-likeness (QED) is 0.759. The molecule has 1 rings (SSSR count). The largest absolute Gasteiger partial charge is 0.495 e. The molecule has 0 aliphatic heterocycles. The summed E-state index contributed by atoms with van der Waals surface area (Å²) in [6.07, 6.45) is 0.971. The summed E-state index contributed by atoms with van der Waals surface area (Å²) in [7, 11) is 1.65. The van der Waals surface area contributed by atoms with E-state index in [-0.39, 0.29) is 0 Å². The van der Waals surface area contributed by atoms with Gasteiger partial charge in [-0.25, -0.2) is 0 Å². The predicted molar refractivity (Wildman–Crippen MR) is 72.3 cm³/mol. The van der Waals surface area contributed by atoms with Crippen molar-refractivity contribution in [3.63, 3.8) is 0 Å². The van der Waals surface area contributed by atoms with Gasteiger partial charge in [-0.15, -0.1) is 0 Å². The van der Waals surface area contributed by atoms with Gasteiger partial charge in [0.15, 0.2) is 0 Å². The Balaban J connectivity index is 2.54. The van der Waals surface area contributed by atoms with E-state index < -0.39 is 0 Å². The van der Waals surface area contributed by atoms with Crippen molar-refractivity contribution in [1.29, 1.82) is 0 Å². The van der Waals surface area contributed by atoms with Crippen LogP contribution in [0.1, 0.15) is 18.9 Å². The zero-order valence-corrected chi connectivity index (χ0v) is 11.4. The Morgan fingerprint density at radius 3 is 2.76 bits per heavy atom. The van der Waals surface area contributed by atoms with Gasteiger partial charge in [-0.1, -0.05) is 11.6 Å². The Morgan fingerprint density at radius 2 is 2.12 bits per heavy atom. The zero-order valence-electron chi connectivity index (χ0n) is 10.7. The molecule has 1 N–H and O–H groups in total. The van der Waals surface area contributed by atoms with Gasteiger partial charge in [0.05, 0.1) is 12.8 Å². The molecule has 0 atom stereocenters. The highest BCUT2D eigenvalue weighted by molar-refractivity contribution is 6.31. The van der Waals surface area contributed by atoms with Crippen LogP contribution in [0.5, 0.6) is 5.75 Å². The first-order chi connectivity index (χ1) is 8.19. The molecule has 3 nitrogen and oxygen atoms in total. The van der Waals surface area contributed by atoms with Gasteiger partial charge in [0.1, 0.15) is 5.75 Å². The van der Waals surface area contributed by atoms with Gasteiger partial charge in [-0.05, 0) is 31.9 Å². The molecule has 0 bridgehead atoms. The monoisotopic (exact) mass is 257 g/mol. The van der Waals surface area contributed by atoms with Crippen molar-refractivity contribution >= 4 is 17.3 Å². The number of methoxy groups -OCH3 is 1. The van der Waals surface area contributed by atoms with Gasteiger partial charge in [0, 0.05) is 30.8 Å². The van der Waals surface area contributed by atoms with Crippen molar-refractivity contribution < 1.29 is 9.47 Å². The van der Waals surface area contributed by atoms with Crippen LogP contribution in [0.15, 0.2) is 12.1 Å². The number of benzene rings is 1. The third-order valence-corrected chi connectivity index (χ3v) is 2.87. The van der Waals surface area contributed by atoms with E-state index in [2.05, 4.69) is 5.32 Å². The number of hydrogen-bond acceptors (Lipinski definition) is 3. The normalized spacial score (nSPS) is 10.4. The first kappa shape index (κ1) is 14.1. The second-order valence-corrected chi connectivity index (χ2v) is 4.19. The van der Waals surface area contributed by atoms with Crippen LogP contribution >= 0.6 is 11.6 Å². The van der Waals surface area contributed by atoms with Gasteiger partial charge in [0.25, 0.3) is 0 Å². The molecule has 17 heavy (non-hydrogen) atoms. The van der Waals surface area contributed by atoms with E-state index in [1.807, 2.05) is 26.0 Å². The Morgan fingerprint density at radius 1 is 1.35 bits per heavy atom. The summed E-state index contributed by atoms with van der Waals surface area (Å²) < 4.78 is 10.6. The minimum Gasteiger partial charge on any atom is -0.495 e. The van der Waals surface area contributed by atoms with Crippen LogP contribution in [0.4, 0.5) is 5.69 Å². The molecule has 0 saturated carbocycles. The number of hydrogen-bond donors (Lipinski definition) is 1. The number of rotatable bonds is 7. The van der Waals surface area contributed by atoms with Crippen molar-refractivity contribution in [1.82, 2.24) is 0 Å². The molecular weight excluding hydrogens is 238 g/mol. The molecule has 0 aliphatic rings. The number of aryl methyl sites for hydroxylation is 1. The van der Waals surface area contributed by atoms with Crippen molar-refractivity contribution in [3.8, 4) is 5.75 Å². The lowest BCUT2D eigenvalue weighted by atomic mass is 10.2. The molecule has 0 saturated heterocycles. The topological polar surface area (TPSA) is 30.5 Å². The highest BCUT2D eigenvalue weighted by atomic mass is 35.5. The van der Waals surface area contributed by atoms with Crippen LogP contribution in [-0.4, -0.2) is 26.9 Å². The second kappa shape index (κ2) is 7.41. The van der Waals surface area contributed by atoms with E-state index in [9.17, 15) is 0 Å². The lowest BCUT2D eigenvalue weighted by molar-refractivity contribution is 0.147. The van der Waals surface area contributed by atoms with Gasteiger partial charge in [-0.3, -0.25) is 0 Å². The summed E-state index contributed by atoms with van der Waals surface area (Å²) in [4.78, 5) is 0. The lowest BCUT2D eigenvalue weighted by Gasteiger charge is -2.13. The molecule has 0 unspecified atom stereocenters. The summed E-state index contributed by atoms with van der Waals surface area (Å²) in [5.74, 6) is 0.775. The maximum atomic E-state index is 6.04.